The van der Waals surface area contributed by atoms with Crippen molar-refractivity contribution in [2.24, 2.45) is 0 Å². The van der Waals surface area contributed by atoms with E-state index in [-0.39, 0.29) is 4.68 Å². The first-order valence-electron chi connectivity index (χ1n) is 2.69. The first-order chi connectivity index (χ1) is 5.54. The van der Waals surface area contributed by atoms with Crippen molar-refractivity contribution in [3.63, 3.8) is 0 Å². The number of halogens is 1. The molecule has 0 saturated carbocycles. The van der Waals surface area contributed by atoms with Crippen LogP contribution in [-0.4, -0.2) is 14.7 Å². The van der Waals surface area contributed by atoms with Crippen LogP contribution in [-0.2, 0) is 0 Å². The van der Waals surface area contributed by atoms with Gasteiger partial charge in [0.1, 0.15) is 5.02 Å². The molecule has 0 aliphatic carbocycles. The van der Waals surface area contributed by atoms with Crippen molar-refractivity contribution in [3.8, 4) is 0 Å². The Labute approximate surface area is 69.3 Å². The summed E-state index contributed by atoms with van der Waals surface area (Å²) in [7, 11) is 0. The van der Waals surface area contributed by atoms with Gasteiger partial charge in [-0.3, -0.25) is 4.79 Å². The van der Waals surface area contributed by atoms with Gasteiger partial charge in [0.15, 0.2) is 5.03 Å². The third kappa shape index (κ3) is 1.21. The molecule has 0 aliphatic rings. The van der Waals surface area contributed by atoms with Crippen LogP contribution in [0.5, 0.6) is 0 Å². The summed E-state index contributed by atoms with van der Waals surface area (Å²) in [6, 6.07) is 0. The molecular weight excluding hydrogens is 190 g/mol. The van der Waals surface area contributed by atoms with Gasteiger partial charge in [-0.05, 0) is 0 Å². The summed E-state index contributed by atoms with van der Waals surface area (Å²) in [6.07, 6.45) is 0.895. The first kappa shape index (κ1) is 8.47. The number of rotatable bonds is 1. The van der Waals surface area contributed by atoms with Gasteiger partial charge < -0.3 is 4.98 Å². The number of aromatic amines is 1. The highest BCUT2D eigenvalue weighted by Gasteiger charge is 2.13. The topological polar surface area (TPSA) is 98.0 Å². The van der Waals surface area contributed by atoms with Gasteiger partial charge in [-0.2, -0.15) is 0 Å². The molecule has 1 aromatic heterocycles. The summed E-state index contributed by atoms with van der Waals surface area (Å²) in [5.74, 6) is 0. The van der Waals surface area contributed by atoms with Crippen LogP contribution in [0.2, 0.25) is 5.02 Å². The largest absolute Gasteiger partial charge is 0.389 e. The number of hydrogen-bond acceptors (Lipinski definition) is 4. The zero-order valence-corrected chi connectivity index (χ0v) is 6.24. The van der Waals surface area contributed by atoms with Gasteiger partial charge in [0, 0.05) is 10.9 Å². The molecule has 0 amide bonds. The van der Waals surface area contributed by atoms with Crippen molar-refractivity contribution >= 4 is 11.6 Å². The number of nitrogens with zero attached hydrogens (tertiary/aromatic N) is 2. The smallest absolute Gasteiger partial charge is 0.308 e. The molecule has 0 aromatic carbocycles. The molecule has 64 valence electrons. The van der Waals surface area contributed by atoms with Crippen LogP contribution in [0, 0.1) is 10.1 Å². The second kappa shape index (κ2) is 2.78. The Hall–Kier alpha value is -1.63. The predicted molar refractivity (Wildman–Crippen MR) is 38.7 cm³/mol. The molecule has 1 aromatic rings. The van der Waals surface area contributed by atoms with E-state index >= 15 is 0 Å². The lowest BCUT2D eigenvalue weighted by Crippen LogP contribution is -2.39. The van der Waals surface area contributed by atoms with E-state index in [0.717, 1.165) is 6.20 Å². The molecule has 0 atom stereocenters. The number of nitro groups is 1. The molecule has 0 saturated heterocycles. The van der Waals surface area contributed by atoms with E-state index in [9.17, 15) is 19.7 Å². The van der Waals surface area contributed by atoms with Gasteiger partial charge in [-0.15, -0.1) is 0 Å². The van der Waals surface area contributed by atoms with Crippen LogP contribution in [0.1, 0.15) is 0 Å². The first-order valence-corrected chi connectivity index (χ1v) is 3.06. The normalized spacial score (nSPS) is 9.75. The zero-order chi connectivity index (χ0) is 9.30. The standard InChI is InChI=1S/C4H2ClN3O4/c5-2-1-6-4(10)7(3(2)9)8(11)12/h1H,(H,6,10). The van der Waals surface area contributed by atoms with E-state index in [0.29, 0.717) is 0 Å². The van der Waals surface area contributed by atoms with Crippen LogP contribution >= 0.6 is 11.6 Å². The summed E-state index contributed by atoms with van der Waals surface area (Å²) in [6.45, 7) is 0. The molecular formula is C4H2ClN3O4. The van der Waals surface area contributed by atoms with Gasteiger partial charge in [0.05, 0.1) is 0 Å². The van der Waals surface area contributed by atoms with Gasteiger partial charge in [0.2, 0.25) is 0 Å². The van der Waals surface area contributed by atoms with Crippen LogP contribution < -0.4 is 11.2 Å². The second-order valence-corrected chi connectivity index (χ2v) is 2.20. The van der Waals surface area contributed by atoms with Crippen molar-refractivity contribution < 1.29 is 5.03 Å². The highest BCUT2D eigenvalue weighted by molar-refractivity contribution is 6.30. The summed E-state index contributed by atoms with van der Waals surface area (Å²) >= 11 is 5.22. The Morgan fingerprint density at radius 2 is 2.17 bits per heavy atom. The molecule has 0 spiro atoms. The Bertz CT molecular complexity index is 433. The van der Waals surface area contributed by atoms with Gasteiger partial charge in [-0.1, -0.05) is 11.6 Å². The Morgan fingerprint density at radius 1 is 1.58 bits per heavy atom. The van der Waals surface area contributed by atoms with Crippen LogP contribution in [0.25, 0.3) is 0 Å². The van der Waals surface area contributed by atoms with Crippen molar-refractivity contribution in [2.45, 2.75) is 0 Å². The lowest BCUT2D eigenvalue weighted by Gasteiger charge is -1.91. The monoisotopic (exact) mass is 191 g/mol. The van der Waals surface area contributed by atoms with E-state index < -0.39 is 21.3 Å². The average Bonchev–Trinajstić information content (AvgIpc) is 1.97. The van der Waals surface area contributed by atoms with Crippen molar-refractivity contribution in [1.29, 1.82) is 0 Å². The molecule has 8 heteroatoms. The van der Waals surface area contributed by atoms with Gasteiger partial charge in [-0.25, -0.2) is 14.9 Å². The number of hydrogen-bond donors (Lipinski definition) is 1. The Balaban J connectivity index is 3.67. The molecule has 0 bridgehead atoms. The summed E-state index contributed by atoms with van der Waals surface area (Å²) in [5.41, 5.74) is -2.28. The van der Waals surface area contributed by atoms with E-state index in [2.05, 4.69) is 0 Å². The highest BCUT2D eigenvalue weighted by atomic mass is 35.5. The van der Waals surface area contributed by atoms with E-state index in [1.54, 1.807) is 0 Å². The fourth-order valence-electron chi connectivity index (χ4n) is 0.590. The van der Waals surface area contributed by atoms with Gasteiger partial charge >= 0.3 is 11.2 Å². The number of nitrogens with one attached hydrogen (secondary N) is 1. The number of aromatic nitrogens is 2. The average molecular weight is 192 g/mol. The third-order valence-electron chi connectivity index (χ3n) is 1.07. The molecule has 0 aliphatic heterocycles. The summed E-state index contributed by atoms with van der Waals surface area (Å²) in [4.78, 5) is 33.4. The van der Waals surface area contributed by atoms with Crippen molar-refractivity contribution in [2.75, 3.05) is 0 Å². The molecule has 12 heavy (non-hydrogen) atoms. The SMILES string of the molecule is O=c1[nH]cc(Cl)c(=O)n1[N+](=O)[O-]. The van der Waals surface area contributed by atoms with E-state index in [4.69, 9.17) is 11.6 Å². The van der Waals surface area contributed by atoms with Crippen molar-refractivity contribution in [1.82, 2.24) is 9.66 Å². The Kier molecular flexibility index (Phi) is 1.96. The summed E-state index contributed by atoms with van der Waals surface area (Å²) in [5, 5.41) is 8.53. The number of H-pyrrole nitrogens is 1. The quantitative estimate of drug-likeness (QED) is 0.465. The van der Waals surface area contributed by atoms with Crippen molar-refractivity contribution in [3.05, 3.63) is 42.2 Å². The molecule has 7 nitrogen and oxygen atoms in total. The van der Waals surface area contributed by atoms with Gasteiger partial charge in [0.25, 0.3) is 0 Å². The lowest BCUT2D eigenvalue weighted by atomic mass is 10.6. The maximum absolute atomic E-state index is 10.8. The molecule has 1 N–H and O–H groups in total. The Morgan fingerprint density at radius 3 is 2.58 bits per heavy atom. The second-order valence-electron chi connectivity index (χ2n) is 1.80. The van der Waals surface area contributed by atoms with Crippen LogP contribution in [0.3, 0.4) is 0 Å². The molecule has 0 radical (unpaired) electrons. The minimum absolute atomic E-state index is 0.206. The van der Waals surface area contributed by atoms with E-state index in [1.165, 1.54) is 0 Å². The molecule has 1 heterocycles. The third-order valence-corrected chi connectivity index (χ3v) is 1.35. The molecule has 1 rings (SSSR count). The fraction of sp³-hybridized carbons (Fsp3) is 0. The van der Waals surface area contributed by atoms with E-state index in [1.807, 2.05) is 4.98 Å². The molecule has 0 unspecified atom stereocenters. The maximum Gasteiger partial charge on any atom is 0.389 e. The molecule has 0 fully saturated rings. The predicted octanol–water partition coefficient (Wildman–Crippen LogP) is -0.770. The lowest BCUT2D eigenvalue weighted by molar-refractivity contribution is -0.548. The minimum atomic E-state index is -1.15. The van der Waals surface area contributed by atoms with Crippen LogP contribution in [0.4, 0.5) is 0 Å². The highest BCUT2D eigenvalue weighted by Crippen LogP contribution is 1.92. The zero-order valence-electron chi connectivity index (χ0n) is 5.48. The minimum Gasteiger partial charge on any atom is -0.308 e. The van der Waals surface area contributed by atoms with Crippen LogP contribution in [0.15, 0.2) is 15.8 Å². The maximum atomic E-state index is 10.8. The fourth-order valence-corrected chi connectivity index (χ4v) is 0.724. The summed E-state index contributed by atoms with van der Waals surface area (Å²) < 4.78 is -0.206.